The maximum atomic E-state index is 12.0. The van der Waals surface area contributed by atoms with Crippen molar-refractivity contribution in [3.8, 4) is 0 Å². The van der Waals surface area contributed by atoms with Crippen LogP contribution in [0.4, 0.5) is 0 Å². The fourth-order valence-electron chi connectivity index (χ4n) is 1.60. The number of hydrogen-bond donors (Lipinski definition) is 2. The fraction of sp³-hybridized carbons (Fsp3) is 0.857. The Labute approximate surface area is 141 Å². The van der Waals surface area contributed by atoms with E-state index in [-0.39, 0.29) is 25.0 Å². The predicted molar refractivity (Wildman–Crippen MR) is 91.8 cm³/mol. The Kier molecular flexibility index (Phi) is 13.9. The second kappa shape index (κ2) is 14.2. The summed E-state index contributed by atoms with van der Waals surface area (Å²) in [5, 5.41) is 17.6. The molecule has 6 nitrogen and oxygen atoms in total. The summed E-state index contributed by atoms with van der Waals surface area (Å²) in [6.45, 7) is 5.23. The van der Waals surface area contributed by atoms with Gasteiger partial charge in [0.15, 0.2) is 0 Å². The molecule has 0 saturated carbocycles. The molecule has 0 aromatic carbocycles. The number of nitrogens with zero attached hydrogens (tertiary/aromatic N) is 2. The zero-order valence-corrected chi connectivity index (χ0v) is 15.1. The standard InChI is InChI=1S/C14H28N2O4S2/c1-3-9-15(13(19)7-5-11-17)21-22-16(10-4-2)14(20)8-6-12-18/h17-18H,3-12H2,1-2H3. The van der Waals surface area contributed by atoms with Crippen molar-refractivity contribution in [1.29, 1.82) is 0 Å². The number of amides is 2. The Balaban J connectivity index is 4.47. The second-order valence-corrected chi connectivity index (χ2v) is 6.87. The van der Waals surface area contributed by atoms with E-state index in [4.69, 9.17) is 10.2 Å². The SMILES string of the molecule is CCCN(SSN(CCC)C(=O)CCCO)C(=O)CCCO. The number of aliphatic hydroxyl groups is 2. The molecule has 0 fully saturated rings. The lowest BCUT2D eigenvalue weighted by Crippen LogP contribution is -2.28. The Morgan fingerprint density at radius 1 is 0.818 bits per heavy atom. The molecule has 0 aliphatic heterocycles. The zero-order chi connectivity index (χ0) is 16.8. The first-order valence-electron chi connectivity index (χ1n) is 7.77. The summed E-state index contributed by atoms with van der Waals surface area (Å²) in [5.41, 5.74) is 0. The zero-order valence-electron chi connectivity index (χ0n) is 13.5. The van der Waals surface area contributed by atoms with E-state index in [9.17, 15) is 9.59 Å². The summed E-state index contributed by atoms with van der Waals surface area (Å²) in [7, 11) is 2.55. The van der Waals surface area contributed by atoms with Crippen molar-refractivity contribution in [3.63, 3.8) is 0 Å². The van der Waals surface area contributed by atoms with Gasteiger partial charge < -0.3 is 10.2 Å². The van der Waals surface area contributed by atoms with Crippen molar-refractivity contribution in [2.75, 3.05) is 26.3 Å². The third-order valence-corrected chi connectivity index (χ3v) is 5.20. The van der Waals surface area contributed by atoms with E-state index in [1.165, 1.54) is 22.0 Å². The maximum absolute atomic E-state index is 12.0. The quantitative estimate of drug-likeness (QED) is 0.391. The average Bonchev–Trinajstić information content (AvgIpc) is 2.52. The van der Waals surface area contributed by atoms with Crippen molar-refractivity contribution < 1.29 is 19.8 Å². The van der Waals surface area contributed by atoms with Crippen LogP contribution in [0.2, 0.25) is 0 Å². The molecule has 0 heterocycles. The fourth-order valence-corrected chi connectivity index (χ4v) is 4.06. The molecule has 0 rings (SSSR count). The molecule has 0 spiro atoms. The van der Waals surface area contributed by atoms with Crippen LogP contribution in [0.5, 0.6) is 0 Å². The lowest BCUT2D eigenvalue weighted by atomic mass is 10.3. The molecule has 0 atom stereocenters. The minimum absolute atomic E-state index is 0.00508. The Morgan fingerprint density at radius 2 is 1.18 bits per heavy atom. The third kappa shape index (κ3) is 9.55. The smallest absolute Gasteiger partial charge is 0.233 e. The molecule has 0 aromatic heterocycles. The van der Waals surface area contributed by atoms with Gasteiger partial charge in [0, 0.05) is 61.1 Å². The van der Waals surface area contributed by atoms with Crippen LogP contribution in [-0.4, -0.2) is 56.9 Å². The molecule has 22 heavy (non-hydrogen) atoms. The van der Waals surface area contributed by atoms with E-state index in [0.717, 1.165) is 12.8 Å². The summed E-state index contributed by atoms with van der Waals surface area (Å²) in [5.74, 6) is -0.0414. The van der Waals surface area contributed by atoms with Crippen LogP contribution in [0, 0.1) is 0 Å². The van der Waals surface area contributed by atoms with Crippen molar-refractivity contribution in [3.05, 3.63) is 0 Å². The van der Waals surface area contributed by atoms with Gasteiger partial charge in [0.25, 0.3) is 0 Å². The first-order chi connectivity index (χ1) is 10.6. The van der Waals surface area contributed by atoms with Crippen molar-refractivity contribution in [1.82, 2.24) is 8.61 Å². The summed E-state index contributed by atoms with van der Waals surface area (Å²) in [6.07, 6.45) is 3.22. The highest BCUT2D eigenvalue weighted by Crippen LogP contribution is 2.31. The number of aliphatic hydroxyl groups excluding tert-OH is 2. The molecular formula is C14H28N2O4S2. The summed E-state index contributed by atoms with van der Waals surface area (Å²) in [4.78, 5) is 24.1. The molecule has 2 N–H and O–H groups in total. The minimum atomic E-state index is -0.0207. The van der Waals surface area contributed by atoms with Crippen molar-refractivity contribution >= 4 is 33.8 Å². The average molecular weight is 353 g/mol. The van der Waals surface area contributed by atoms with E-state index in [2.05, 4.69) is 0 Å². The van der Waals surface area contributed by atoms with E-state index >= 15 is 0 Å². The van der Waals surface area contributed by atoms with E-state index in [1.54, 1.807) is 8.61 Å². The first-order valence-corrected chi connectivity index (χ1v) is 9.84. The van der Waals surface area contributed by atoms with Gasteiger partial charge in [0.2, 0.25) is 11.8 Å². The van der Waals surface area contributed by atoms with Crippen LogP contribution >= 0.6 is 22.0 Å². The molecule has 0 radical (unpaired) electrons. The summed E-state index contributed by atoms with van der Waals surface area (Å²) in [6, 6.07) is 0. The van der Waals surface area contributed by atoms with Gasteiger partial charge in [-0.1, -0.05) is 13.8 Å². The van der Waals surface area contributed by atoms with Gasteiger partial charge in [0.05, 0.1) is 0 Å². The lowest BCUT2D eigenvalue weighted by molar-refractivity contribution is -0.127. The molecule has 0 aromatic rings. The van der Waals surface area contributed by atoms with Crippen LogP contribution in [-0.2, 0) is 9.59 Å². The van der Waals surface area contributed by atoms with Gasteiger partial charge in [0.1, 0.15) is 0 Å². The Morgan fingerprint density at radius 3 is 1.45 bits per heavy atom. The first kappa shape index (κ1) is 21.6. The topological polar surface area (TPSA) is 81.1 Å². The van der Waals surface area contributed by atoms with Gasteiger partial charge in [-0.3, -0.25) is 18.2 Å². The van der Waals surface area contributed by atoms with E-state index in [1.807, 2.05) is 13.8 Å². The van der Waals surface area contributed by atoms with Gasteiger partial charge >= 0.3 is 0 Å². The largest absolute Gasteiger partial charge is 0.396 e. The van der Waals surface area contributed by atoms with E-state index < -0.39 is 0 Å². The maximum Gasteiger partial charge on any atom is 0.233 e. The molecule has 8 heteroatoms. The molecule has 0 aliphatic rings. The number of carbonyl (C=O) groups excluding carboxylic acids is 2. The highest BCUT2D eigenvalue weighted by Gasteiger charge is 2.19. The summed E-state index contributed by atoms with van der Waals surface area (Å²) >= 11 is 0. The normalized spacial score (nSPS) is 10.5. The Hall–Kier alpha value is -0.440. The van der Waals surface area contributed by atoms with Crippen LogP contribution in [0.1, 0.15) is 52.4 Å². The summed E-state index contributed by atoms with van der Waals surface area (Å²) < 4.78 is 3.31. The van der Waals surface area contributed by atoms with Gasteiger partial charge in [-0.25, -0.2) is 0 Å². The molecule has 0 bridgehead atoms. The third-order valence-electron chi connectivity index (χ3n) is 2.72. The Bertz CT molecular complexity index is 289. The molecule has 0 unspecified atom stereocenters. The highest BCUT2D eigenvalue weighted by molar-refractivity contribution is 8.75. The van der Waals surface area contributed by atoms with Gasteiger partial charge in [-0.2, -0.15) is 0 Å². The number of carbonyl (C=O) groups is 2. The molecule has 130 valence electrons. The van der Waals surface area contributed by atoms with Crippen LogP contribution in [0.15, 0.2) is 0 Å². The van der Waals surface area contributed by atoms with E-state index in [0.29, 0.717) is 38.8 Å². The predicted octanol–water partition coefficient (Wildman–Crippen LogP) is 2.22. The van der Waals surface area contributed by atoms with Crippen molar-refractivity contribution in [2.24, 2.45) is 0 Å². The minimum Gasteiger partial charge on any atom is -0.396 e. The van der Waals surface area contributed by atoms with Crippen molar-refractivity contribution in [2.45, 2.75) is 52.4 Å². The molecule has 0 aliphatic carbocycles. The van der Waals surface area contributed by atoms with Crippen LogP contribution in [0.25, 0.3) is 0 Å². The van der Waals surface area contributed by atoms with Crippen LogP contribution in [0.3, 0.4) is 0 Å². The number of hydrogen-bond acceptors (Lipinski definition) is 6. The lowest BCUT2D eigenvalue weighted by Gasteiger charge is -2.25. The molecule has 2 amide bonds. The second-order valence-electron chi connectivity index (χ2n) is 4.80. The highest BCUT2D eigenvalue weighted by atomic mass is 33.1. The van der Waals surface area contributed by atoms with Gasteiger partial charge in [-0.15, -0.1) is 0 Å². The molecule has 0 saturated heterocycles. The van der Waals surface area contributed by atoms with Gasteiger partial charge in [-0.05, 0) is 25.7 Å². The van der Waals surface area contributed by atoms with Crippen LogP contribution < -0.4 is 0 Å². The monoisotopic (exact) mass is 352 g/mol. The number of rotatable bonds is 13. The molecular weight excluding hydrogens is 324 g/mol.